The maximum Gasteiger partial charge on any atom is 0.275 e. The van der Waals surface area contributed by atoms with Gasteiger partial charge in [0.05, 0.1) is 17.9 Å². The number of hydrogen-bond donors (Lipinski definition) is 2. The van der Waals surface area contributed by atoms with Crippen LogP contribution in [0.1, 0.15) is 36.2 Å². The molecule has 1 amide bonds. The molecule has 120 valence electrons. The van der Waals surface area contributed by atoms with Crippen molar-refractivity contribution < 1.29 is 9.53 Å². The van der Waals surface area contributed by atoms with Crippen LogP contribution in [0.15, 0.2) is 53.6 Å². The molecule has 2 aromatic rings. The van der Waals surface area contributed by atoms with Crippen molar-refractivity contribution in [3.63, 3.8) is 0 Å². The molecule has 23 heavy (non-hydrogen) atoms. The van der Waals surface area contributed by atoms with Gasteiger partial charge in [-0.3, -0.25) is 4.79 Å². The first kappa shape index (κ1) is 16.5. The molecule has 0 heterocycles. The highest BCUT2D eigenvalue weighted by Gasteiger charge is 2.11. The van der Waals surface area contributed by atoms with E-state index in [9.17, 15) is 4.79 Å². The van der Waals surface area contributed by atoms with Gasteiger partial charge in [-0.2, -0.15) is 5.10 Å². The molecule has 0 aliphatic rings. The van der Waals surface area contributed by atoms with Crippen LogP contribution in [0.3, 0.4) is 0 Å². The van der Waals surface area contributed by atoms with Gasteiger partial charge in [-0.05, 0) is 43.2 Å². The van der Waals surface area contributed by atoms with Crippen molar-refractivity contribution in [3.05, 3.63) is 59.7 Å². The molecular weight excluding hydrogens is 290 g/mol. The summed E-state index contributed by atoms with van der Waals surface area (Å²) in [6.07, 6.45) is 0.878. The fraction of sp³-hybridized carbons (Fsp3) is 0.222. The lowest BCUT2D eigenvalue weighted by Crippen LogP contribution is -2.20. The van der Waals surface area contributed by atoms with E-state index in [0.717, 1.165) is 12.0 Å². The van der Waals surface area contributed by atoms with E-state index in [1.165, 1.54) is 0 Å². The van der Waals surface area contributed by atoms with Crippen molar-refractivity contribution in [1.82, 2.24) is 5.43 Å². The van der Waals surface area contributed by atoms with Gasteiger partial charge >= 0.3 is 0 Å². The molecule has 0 atom stereocenters. The van der Waals surface area contributed by atoms with Crippen molar-refractivity contribution in [2.75, 3.05) is 12.3 Å². The summed E-state index contributed by atoms with van der Waals surface area (Å²) in [6, 6.07) is 14.5. The Labute approximate surface area is 136 Å². The second kappa shape index (κ2) is 7.98. The maximum absolute atomic E-state index is 12.3. The molecule has 0 saturated carbocycles. The van der Waals surface area contributed by atoms with Gasteiger partial charge in [-0.1, -0.05) is 31.2 Å². The topological polar surface area (TPSA) is 76.7 Å². The lowest BCUT2D eigenvalue weighted by atomic mass is 10.1. The Morgan fingerprint density at radius 3 is 2.74 bits per heavy atom. The number of hydrazone groups is 1. The van der Waals surface area contributed by atoms with E-state index in [4.69, 9.17) is 10.5 Å². The molecule has 0 aliphatic heterocycles. The van der Waals surface area contributed by atoms with Gasteiger partial charge in [0.1, 0.15) is 5.75 Å². The molecule has 0 aromatic heterocycles. The van der Waals surface area contributed by atoms with Gasteiger partial charge in [0.2, 0.25) is 0 Å². The highest BCUT2D eigenvalue weighted by molar-refractivity contribution is 6.02. The molecule has 5 heteroatoms. The molecule has 2 rings (SSSR count). The molecule has 0 fully saturated rings. The van der Waals surface area contributed by atoms with Gasteiger partial charge in [-0.15, -0.1) is 0 Å². The van der Waals surface area contributed by atoms with Crippen molar-refractivity contribution >= 4 is 17.3 Å². The number of carbonyl (C=O) groups is 1. The van der Waals surface area contributed by atoms with E-state index in [1.54, 1.807) is 24.3 Å². The normalized spacial score (nSPS) is 11.1. The zero-order valence-electron chi connectivity index (χ0n) is 13.4. The zero-order chi connectivity index (χ0) is 16.7. The van der Waals surface area contributed by atoms with Crippen molar-refractivity contribution in [2.24, 2.45) is 5.10 Å². The summed E-state index contributed by atoms with van der Waals surface area (Å²) in [5, 5.41) is 4.14. The average Bonchev–Trinajstić information content (AvgIpc) is 2.57. The third-order valence-corrected chi connectivity index (χ3v) is 3.22. The van der Waals surface area contributed by atoms with Crippen LogP contribution in [-0.2, 0) is 0 Å². The van der Waals surface area contributed by atoms with Gasteiger partial charge in [0, 0.05) is 5.69 Å². The highest BCUT2D eigenvalue weighted by Crippen LogP contribution is 2.18. The summed E-state index contributed by atoms with van der Waals surface area (Å²) >= 11 is 0. The van der Waals surface area contributed by atoms with Crippen LogP contribution < -0.4 is 15.9 Å². The predicted octanol–water partition coefficient (Wildman–Crippen LogP) is 3.21. The number of anilines is 1. The molecule has 5 nitrogen and oxygen atoms in total. The Morgan fingerprint density at radius 1 is 1.22 bits per heavy atom. The Balaban J connectivity index is 2.11. The van der Waals surface area contributed by atoms with Gasteiger partial charge in [0.15, 0.2) is 0 Å². The molecule has 0 saturated heterocycles. The van der Waals surface area contributed by atoms with E-state index in [0.29, 0.717) is 29.3 Å². The fourth-order valence-electron chi connectivity index (χ4n) is 2.02. The first-order valence-corrected chi connectivity index (χ1v) is 7.54. The van der Waals surface area contributed by atoms with E-state index < -0.39 is 0 Å². The van der Waals surface area contributed by atoms with E-state index >= 15 is 0 Å². The minimum absolute atomic E-state index is 0.306. The molecule has 0 bridgehead atoms. The van der Waals surface area contributed by atoms with Crippen molar-refractivity contribution in [3.8, 4) is 5.75 Å². The van der Waals surface area contributed by atoms with Crippen LogP contribution in [0.25, 0.3) is 0 Å². The number of nitrogens with zero attached hydrogens (tertiary/aromatic N) is 1. The standard InChI is InChI=1S/C18H21N3O2/c1-3-11-23-17-10-5-4-9-16(17)18(22)21-20-13(2)14-7-6-8-15(19)12-14/h4-10,12H,3,11,19H2,1-2H3,(H,21,22)/b20-13+. The number of nitrogens with two attached hydrogens (primary N) is 1. The molecule has 0 radical (unpaired) electrons. The lowest BCUT2D eigenvalue weighted by molar-refractivity contribution is 0.0950. The number of ether oxygens (including phenoxy) is 1. The van der Waals surface area contributed by atoms with E-state index in [1.807, 2.05) is 38.1 Å². The molecule has 0 unspecified atom stereocenters. The van der Waals surface area contributed by atoms with Gasteiger partial charge in [-0.25, -0.2) is 5.43 Å². The minimum atomic E-state index is -0.306. The van der Waals surface area contributed by atoms with E-state index in [-0.39, 0.29) is 5.91 Å². The number of benzene rings is 2. The van der Waals surface area contributed by atoms with Crippen molar-refractivity contribution in [1.29, 1.82) is 0 Å². The third kappa shape index (κ3) is 4.57. The maximum atomic E-state index is 12.3. The lowest BCUT2D eigenvalue weighted by Gasteiger charge is -2.09. The number of carbonyl (C=O) groups excluding carboxylic acids is 1. The van der Waals surface area contributed by atoms with E-state index in [2.05, 4.69) is 10.5 Å². The van der Waals surface area contributed by atoms with Crippen LogP contribution in [0.4, 0.5) is 5.69 Å². The van der Waals surface area contributed by atoms with Crippen molar-refractivity contribution in [2.45, 2.75) is 20.3 Å². The number of rotatable bonds is 6. The Bertz CT molecular complexity index is 711. The van der Waals surface area contributed by atoms with Gasteiger partial charge in [0.25, 0.3) is 5.91 Å². The number of nitrogen functional groups attached to an aromatic ring is 1. The highest BCUT2D eigenvalue weighted by atomic mass is 16.5. The van der Waals surface area contributed by atoms with Crippen LogP contribution >= 0.6 is 0 Å². The monoisotopic (exact) mass is 311 g/mol. The summed E-state index contributed by atoms with van der Waals surface area (Å²) in [5.41, 5.74) is 11.0. The summed E-state index contributed by atoms with van der Waals surface area (Å²) in [4.78, 5) is 12.3. The smallest absolute Gasteiger partial charge is 0.275 e. The quantitative estimate of drug-likeness (QED) is 0.488. The third-order valence-electron chi connectivity index (χ3n) is 3.22. The van der Waals surface area contributed by atoms with Gasteiger partial charge < -0.3 is 10.5 Å². The number of para-hydroxylation sites is 1. The molecule has 3 N–H and O–H groups in total. The zero-order valence-corrected chi connectivity index (χ0v) is 13.4. The molecule has 0 spiro atoms. The average molecular weight is 311 g/mol. The molecule has 2 aromatic carbocycles. The number of amides is 1. The Hall–Kier alpha value is -2.82. The summed E-state index contributed by atoms with van der Waals surface area (Å²) < 4.78 is 5.59. The second-order valence-corrected chi connectivity index (χ2v) is 5.11. The SMILES string of the molecule is CCCOc1ccccc1C(=O)N/N=C(\C)c1cccc(N)c1. The number of nitrogens with one attached hydrogen (secondary N) is 1. The summed E-state index contributed by atoms with van der Waals surface area (Å²) in [7, 11) is 0. The fourth-order valence-corrected chi connectivity index (χ4v) is 2.02. The van der Waals surface area contributed by atoms with Crippen LogP contribution in [0.2, 0.25) is 0 Å². The van der Waals surface area contributed by atoms with Crippen LogP contribution in [-0.4, -0.2) is 18.2 Å². The predicted molar refractivity (Wildman–Crippen MR) is 92.8 cm³/mol. The second-order valence-electron chi connectivity index (χ2n) is 5.11. The largest absolute Gasteiger partial charge is 0.493 e. The number of hydrogen-bond acceptors (Lipinski definition) is 4. The molecule has 0 aliphatic carbocycles. The first-order valence-electron chi connectivity index (χ1n) is 7.54. The summed E-state index contributed by atoms with van der Waals surface area (Å²) in [6.45, 7) is 4.40. The minimum Gasteiger partial charge on any atom is -0.493 e. The molecular formula is C18H21N3O2. The Morgan fingerprint density at radius 2 is 2.00 bits per heavy atom. The summed E-state index contributed by atoms with van der Waals surface area (Å²) in [5.74, 6) is 0.253. The first-order chi connectivity index (χ1) is 11.1. The van der Waals surface area contributed by atoms with Crippen LogP contribution in [0, 0.1) is 0 Å². The van der Waals surface area contributed by atoms with Crippen LogP contribution in [0.5, 0.6) is 5.75 Å². The Kier molecular flexibility index (Phi) is 5.74.